The zero-order valence-corrected chi connectivity index (χ0v) is 10.8. The highest BCUT2D eigenvalue weighted by atomic mass is 19.1. The first-order valence-corrected chi connectivity index (χ1v) is 6.18. The maximum absolute atomic E-state index is 13.0. The predicted octanol–water partition coefficient (Wildman–Crippen LogP) is 3.28. The van der Waals surface area contributed by atoms with Gasteiger partial charge in [-0.1, -0.05) is 20.8 Å². The van der Waals surface area contributed by atoms with E-state index in [1.165, 1.54) is 18.6 Å². The lowest BCUT2D eigenvalue weighted by atomic mass is 9.80. The standard InChI is InChI=1S/C14H21FN2/c1-14(2,3)10-6-7-17(9-10)13-5-4-11(15)8-12(13)16/h4-5,8,10H,6-7,9,16H2,1-3H3. The lowest BCUT2D eigenvalue weighted by Gasteiger charge is -2.27. The molecule has 2 N–H and O–H groups in total. The predicted molar refractivity (Wildman–Crippen MR) is 70.6 cm³/mol. The van der Waals surface area contributed by atoms with Crippen LogP contribution in [0.5, 0.6) is 0 Å². The highest BCUT2D eigenvalue weighted by Crippen LogP contribution is 2.37. The van der Waals surface area contributed by atoms with E-state index in [-0.39, 0.29) is 5.82 Å². The Morgan fingerprint density at radius 1 is 1.35 bits per heavy atom. The third-order valence-corrected chi connectivity index (χ3v) is 3.74. The zero-order valence-electron chi connectivity index (χ0n) is 10.8. The maximum Gasteiger partial charge on any atom is 0.125 e. The van der Waals surface area contributed by atoms with Gasteiger partial charge in [0.1, 0.15) is 5.82 Å². The monoisotopic (exact) mass is 236 g/mol. The molecule has 0 radical (unpaired) electrons. The van der Waals surface area contributed by atoms with Gasteiger partial charge in [0.15, 0.2) is 0 Å². The summed E-state index contributed by atoms with van der Waals surface area (Å²) in [5.74, 6) is 0.407. The molecule has 0 aromatic heterocycles. The summed E-state index contributed by atoms with van der Waals surface area (Å²) in [7, 11) is 0. The Balaban J connectivity index is 2.15. The Morgan fingerprint density at radius 3 is 2.59 bits per heavy atom. The van der Waals surface area contributed by atoms with Gasteiger partial charge in [-0.2, -0.15) is 0 Å². The van der Waals surface area contributed by atoms with Gasteiger partial charge in [-0.15, -0.1) is 0 Å². The highest BCUT2D eigenvalue weighted by Gasteiger charge is 2.32. The topological polar surface area (TPSA) is 29.3 Å². The molecule has 1 atom stereocenters. The van der Waals surface area contributed by atoms with Gasteiger partial charge in [-0.05, 0) is 36.0 Å². The molecular formula is C14H21FN2. The summed E-state index contributed by atoms with van der Waals surface area (Å²) in [5, 5.41) is 0. The van der Waals surface area contributed by atoms with E-state index >= 15 is 0 Å². The minimum absolute atomic E-state index is 0.266. The molecule has 1 heterocycles. The summed E-state index contributed by atoms with van der Waals surface area (Å²) >= 11 is 0. The van der Waals surface area contributed by atoms with E-state index in [4.69, 9.17) is 5.73 Å². The van der Waals surface area contributed by atoms with E-state index in [0.29, 0.717) is 17.0 Å². The minimum atomic E-state index is -0.266. The molecule has 2 nitrogen and oxygen atoms in total. The first kappa shape index (κ1) is 12.2. The molecule has 17 heavy (non-hydrogen) atoms. The van der Waals surface area contributed by atoms with Crippen molar-refractivity contribution in [2.75, 3.05) is 23.7 Å². The molecule has 0 bridgehead atoms. The van der Waals surface area contributed by atoms with Crippen LogP contribution in [0.1, 0.15) is 27.2 Å². The van der Waals surface area contributed by atoms with Crippen molar-refractivity contribution in [1.82, 2.24) is 0 Å². The number of hydrogen-bond donors (Lipinski definition) is 1. The molecule has 2 rings (SSSR count). The number of nitrogens with two attached hydrogens (primary N) is 1. The van der Waals surface area contributed by atoms with E-state index in [9.17, 15) is 4.39 Å². The number of anilines is 2. The van der Waals surface area contributed by atoms with Crippen molar-refractivity contribution in [3.05, 3.63) is 24.0 Å². The molecule has 3 heteroatoms. The molecular weight excluding hydrogens is 215 g/mol. The van der Waals surface area contributed by atoms with Crippen molar-refractivity contribution >= 4 is 11.4 Å². The second kappa shape index (κ2) is 4.21. The lowest BCUT2D eigenvalue weighted by molar-refractivity contribution is 0.263. The summed E-state index contributed by atoms with van der Waals surface area (Å²) in [4.78, 5) is 2.27. The maximum atomic E-state index is 13.0. The van der Waals surface area contributed by atoms with Crippen LogP contribution in [0.2, 0.25) is 0 Å². The second-order valence-electron chi connectivity index (χ2n) is 6.00. The Labute approximate surface area is 103 Å². The lowest BCUT2D eigenvalue weighted by Crippen LogP contribution is -2.26. The van der Waals surface area contributed by atoms with Gasteiger partial charge in [0, 0.05) is 13.1 Å². The van der Waals surface area contributed by atoms with Gasteiger partial charge in [0.05, 0.1) is 11.4 Å². The SMILES string of the molecule is CC(C)(C)C1CCN(c2ccc(F)cc2N)C1. The fourth-order valence-electron chi connectivity index (χ4n) is 2.50. The Bertz CT molecular complexity index is 409. The summed E-state index contributed by atoms with van der Waals surface area (Å²) in [5.41, 5.74) is 7.71. The summed E-state index contributed by atoms with van der Waals surface area (Å²) in [6.07, 6.45) is 1.18. The van der Waals surface area contributed by atoms with Crippen LogP contribution < -0.4 is 10.6 Å². The van der Waals surface area contributed by atoms with Gasteiger partial charge >= 0.3 is 0 Å². The molecule has 1 aliphatic heterocycles. The first-order chi connectivity index (χ1) is 7.88. The number of rotatable bonds is 1. The Hall–Kier alpha value is -1.25. The third kappa shape index (κ3) is 2.54. The van der Waals surface area contributed by atoms with Gasteiger partial charge in [-0.25, -0.2) is 4.39 Å². The minimum Gasteiger partial charge on any atom is -0.397 e. The molecule has 1 aromatic rings. The van der Waals surface area contributed by atoms with E-state index in [0.717, 1.165) is 18.8 Å². The van der Waals surface area contributed by atoms with Crippen molar-refractivity contribution in [1.29, 1.82) is 0 Å². The molecule has 1 unspecified atom stereocenters. The molecule has 1 aromatic carbocycles. The van der Waals surface area contributed by atoms with E-state index in [1.54, 1.807) is 6.07 Å². The van der Waals surface area contributed by atoms with Crippen molar-refractivity contribution in [2.24, 2.45) is 11.3 Å². The Kier molecular flexibility index (Phi) is 3.02. The van der Waals surface area contributed by atoms with Crippen molar-refractivity contribution in [3.8, 4) is 0 Å². The van der Waals surface area contributed by atoms with Crippen LogP contribution in [0.3, 0.4) is 0 Å². The number of hydrogen-bond acceptors (Lipinski definition) is 2. The van der Waals surface area contributed by atoms with Crippen LogP contribution >= 0.6 is 0 Å². The smallest absolute Gasteiger partial charge is 0.125 e. The van der Waals surface area contributed by atoms with Crippen molar-refractivity contribution < 1.29 is 4.39 Å². The summed E-state index contributed by atoms with van der Waals surface area (Å²) in [6.45, 7) is 8.84. The third-order valence-electron chi connectivity index (χ3n) is 3.74. The zero-order chi connectivity index (χ0) is 12.6. The van der Waals surface area contributed by atoms with Crippen molar-refractivity contribution in [2.45, 2.75) is 27.2 Å². The first-order valence-electron chi connectivity index (χ1n) is 6.18. The molecule has 0 amide bonds. The average Bonchev–Trinajstić information content (AvgIpc) is 2.65. The van der Waals surface area contributed by atoms with Crippen LogP contribution in [-0.4, -0.2) is 13.1 Å². The molecule has 0 aliphatic carbocycles. The van der Waals surface area contributed by atoms with Gasteiger partial charge in [-0.3, -0.25) is 0 Å². The fourth-order valence-corrected chi connectivity index (χ4v) is 2.50. The molecule has 0 saturated carbocycles. The van der Waals surface area contributed by atoms with Crippen LogP contribution in [0.25, 0.3) is 0 Å². The van der Waals surface area contributed by atoms with Crippen LogP contribution in [-0.2, 0) is 0 Å². The molecule has 0 spiro atoms. The second-order valence-corrected chi connectivity index (χ2v) is 6.00. The molecule has 1 fully saturated rings. The average molecular weight is 236 g/mol. The van der Waals surface area contributed by atoms with Gasteiger partial charge < -0.3 is 10.6 Å². The van der Waals surface area contributed by atoms with Gasteiger partial charge in [0.2, 0.25) is 0 Å². The highest BCUT2D eigenvalue weighted by molar-refractivity contribution is 5.67. The van der Waals surface area contributed by atoms with Crippen LogP contribution in [0.15, 0.2) is 18.2 Å². The van der Waals surface area contributed by atoms with E-state index in [2.05, 4.69) is 25.7 Å². The molecule has 1 saturated heterocycles. The van der Waals surface area contributed by atoms with Gasteiger partial charge in [0.25, 0.3) is 0 Å². The fraction of sp³-hybridized carbons (Fsp3) is 0.571. The van der Waals surface area contributed by atoms with Crippen LogP contribution in [0, 0.1) is 17.2 Å². The molecule has 1 aliphatic rings. The number of nitrogen functional groups attached to an aromatic ring is 1. The normalized spacial score (nSPS) is 20.9. The summed E-state index contributed by atoms with van der Waals surface area (Å²) < 4.78 is 13.0. The molecule has 94 valence electrons. The van der Waals surface area contributed by atoms with Crippen LogP contribution in [0.4, 0.5) is 15.8 Å². The number of nitrogens with zero attached hydrogens (tertiary/aromatic N) is 1. The van der Waals surface area contributed by atoms with Crippen molar-refractivity contribution in [3.63, 3.8) is 0 Å². The Morgan fingerprint density at radius 2 is 2.06 bits per heavy atom. The van der Waals surface area contributed by atoms with E-state index < -0.39 is 0 Å². The number of halogens is 1. The quantitative estimate of drug-likeness (QED) is 0.758. The largest absolute Gasteiger partial charge is 0.397 e. The van der Waals surface area contributed by atoms with E-state index in [1.807, 2.05) is 0 Å². The number of benzene rings is 1. The summed E-state index contributed by atoms with van der Waals surface area (Å²) in [6, 6.07) is 4.67.